The van der Waals surface area contributed by atoms with Gasteiger partial charge in [-0.05, 0) is 61.4 Å². The van der Waals surface area contributed by atoms with Crippen LogP contribution in [0.15, 0.2) is 60.8 Å². The van der Waals surface area contributed by atoms with Crippen LogP contribution in [0.25, 0.3) is 0 Å². The third kappa shape index (κ3) is 5.41. The zero-order valence-electron chi connectivity index (χ0n) is 15.2. The summed E-state index contributed by atoms with van der Waals surface area (Å²) in [6, 6.07) is 15.1. The van der Waals surface area contributed by atoms with Crippen molar-refractivity contribution in [1.29, 1.82) is 0 Å². The fourth-order valence-electron chi connectivity index (χ4n) is 2.62. The van der Waals surface area contributed by atoms with E-state index in [4.69, 9.17) is 4.74 Å². The summed E-state index contributed by atoms with van der Waals surface area (Å²) in [7, 11) is 0. The molecule has 1 amide bonds. The number of hydrogen-bond donors (Lipinski definition) is 1. The Bertz CT molecular complexity index is 873. The van der Waals surface area contributed by atoms with E-state index in [1.807, 2.05) is 29.8 Å². The third-order valence-electron chi connectivity index (χ3n) is 4.20. The number of carbonyl (C=O) groups excluding carboxylic acids is 1. The van der Waals surface area contributed by atoms with E-state index < -0.39 is 0 Å². The molecular formula is C21H22FN3O2. The molecule has 6 heteroatoms. The number of carbonyl (C=O) groups is 1. The number of rotatable bonds is 8. The molecule has 140 valence electrons. The molecule has 0 spiro atoms. The van der Waals surface area contributed by atoms with Crippen LogP contribution in [0, 0.1) is 12.7 Å². The lowest BCUT2D eigenvalue weighted by molar-refractivity contribution is 0.0952. The molecule has 1 aromatic heterocycles. The molecule has 27 heavy (non-hydrogen) atoms. The van der Waals surface area contributed by atoms with Crippen LogP contribution >= 0.6 is 0 Å². The molecule has 0 unspecified atom stereocenters. The van der Waals surface area contributed by atoms with Crippen molar-refractivity contribution in [2.75, 3.05) is 6.54 Å². The number of halogens is 1. The van der Waals surface area contributed by atoms with Gasteiger partial charge in [0.2, 0.25) is 0 Å². The van der Waals surface area contributed by atoms with E-state index in [0.717, 1.165) is 24.2 Å². The normalized spacial score (nSPS) is 10.6. The van der Waals surface area contributed by atoms with Crippen molar-refractivity contribution < 1.29 is 13.9 Å². The molecule has 3 rings (SSSR count). The van der Waals surface area contributed by atoms with Gasteiger partial charge >= 0.3 is 0 Å². The van der Waals surface area contributed by atoms with E-state index in [1.54, 1.807) is 30.5 Å². The second kappa shape index (κ2) is 8.98. The second-order valence-corrected chi connectivity index (χ2v) is 6.24. The highest BCUT2D eigenvalue weighted by atomic mass is 19.1. The number of nitrogens with zero attached hydrogens (tertiary/aromatic N) is 2. The van der Waals surface area contributed by atoms with E-state index in [0.29, 0.717) is 24.5 Å². The molecule has 0 saturated carbocycles. The molecule has 0 fully saturated rings. The zero-order chi connectivity index (χ0) is 19.1. The Morgan fingerprint density at radius 3 is 2.52 bits per heavy atom. The number of aromatic nitrogens is 2. The Hall–Kier alpha value is -3.15. The van der Waals surface area contributed by atoms with Gasteiger partial charge in [0.15, 0.2) is 0 Å². The molecule has 0 aliphatic heterocycles. The first-order valence-electron chi connectivity index (χ1n) is 8.86. The molecule has 0 saturated heterocycles. The van der Waals surface area contributed by atoms with E-state index in [-0.39, 0.29) is 11.7 Å². The van der Waals surface area contributed by atoms with Crippen molar-refractivity contribution in [1.82, 2.24) is 15.1 Å². The van der Waals surface area contributed by atoms with E-state index >= 15 is 0 Å². The Balaban J connectivity index is 1.42. The molecular weight excluding hydrogens is 345 g/mol. The predicted octanol–water partition coefficient (Wildman–Crippen LogP) is 3.73. The molecule has 2 aromatic carbocycles. The lowest BCUT2D eigenvalue weighted by atomic mass is 10.1. The van der Waals surface area contributed by atoms with Gasteiger partial charge in [-0.25, -0.2) is 4.39 Å². The number of nitrogens with one attached hydrogen (secondary N) is 1. The maximum Gasteiger partial charge on any atom is 0.251 e. The van der Waals surface area contributed by atoms with Crippen LogP contribution in [-0.2, 0) is 13.2 Å². The van der Waals surface area contributed by atoms with Crippen molar-refractivity contribution in [3.63, 3.8) is 0 Å². The van der Waals surface area contributed by atoms with Gasteiger partial charge in [0.05, 0.1) is 0 Å². The number of hydrogen-bond acceptors (Lipinski definition) is 3. The van der Waals surface area contributed by atoms with E-state index in [9.17, 15) is 9.18 Å². The average molecular weight is 367 g/mol. The summed E-state index contributed by atoms with van der Waals surface area (Å²) in [5.74, 6) is 0.210. The summed E-state index contributed by atoms with van der Waals surface area (Å²) in [6.45, 7) is 3.73. The van der Waals surface area contributed by atoms with Crippen molar-refractivity contribution in [2.45, 2.75) is 26.5 Å². The molecule has 1 N–H and O–H groups in total. The van der Waals surface area contributed by atoms with Gasteiger partial charge in [0.1, 0.15) is 18.2 Å². The number of ether oxygens (including phenoxy) is 1. The summed E-state index contributed by atoms with van der Waals surface area (Å²) in [6.07, 6.45) is 2.59. The second-order valence-electron chi connectivity index (χ2n) is 6.24. The highest BCUT2D eigenvalue weighted by Crippen LogP contribution is 2.14. The molecule has 0 atom stereocenters. The number of benzene rings is 2. The van der Waals surface area contributed by atoms with Crippen LogP contribution in [0.4, 0.5) is 4.39 Å². The van der Waals surface area contributed by atoms with Crippen LogP contribution in [0.2, 0.25) is 0 Å². The van der Waals surface area contributed by atoms with Crippen molar-refractivity contribution in [2.24, 2.45) is 0 Å². The molecule has 0 bridgehead atoms. The number of aryl methyl sites for hydroxylation is 2. The minimum Gasteiger partial charge on any atom is -0.489 e. The third-order valence-corrected chi connectivity index (χ3v) is 4.20. The quantitative estimate of drug-likeness (QED) is 0.617. The fourth-order valence-corrected chi connectivity index (χ4v) is 2.62. The standard InChI is InChI=1S/C21H22FN3O2/c1-16-11-13-24-25(16)14-2-12-23-21(26)18-5-3-17(4-6-18)15-27-20-9-7-19(22)8-10-20/h3-11,13H,2,12,14-15H2,1H3,(H,23,26). The SMILES string of the molecule is Cc1ccnn1CCCNC(=O)c1ccc(COc2ccc(F)cc2)cc1. The van der Waals surface area contributed by atoms with Gasteiger partial charge < -0.3 is 10.1 Å². The minimum absolute atomic E-state index is 0.0989. The van der Waals surface area contributed by atoms with Crippen molar-refractivity contribution in [3.8, 4) is 5.75 Å². The van der Waals surface area contributed by atoms with Crippen LogP contribution in [0.1, 0.15) is 28.0 Å². The van der Waals surface area contributed by atoms with Crippen LogP contribution in [0.3, 0.4) is 0 Å². The first-order valence-corrected chi connectivity index (χ1v) is 8.86. The van der Waals surface area contributed by atoms with Crippen molar-refractivity contribution in [3.05, 3.63) is 83.4 Å². The van der Waals surface area contributed by atoms with Gasteiger partial charge in [-0.2, -0.15) is 5.10 Å². The van der Waals surface area contributed by atoms with Gasteiger partial charge in [-0.3, -0.25) is 9.48 Å². The maximum absolute atomic E-state index is 12.9. The molecule has 3 aromatic rings. The lowest BCUT2D eigenvalue weighted by Crippen LogP contribution is -2.25. The van der Waals surface area contributed by atoms with Gasteiger partial charge in [0.25, 0.3) is 5.91 Å². The summed E-state index contributed by atoms with van der Waals surface area (Å²) >= 11 is 0. The highest BCUT2D eigenvalue weighted by Gasteiger charge is 2.05. The van der Waals surface area contributed by atoms with Crippen LogP contribution in [-0.4, -0.2) is 22.2 Å². The fraction of sp³-hybridized carbons (Fsp3) is 0.238. The summed E-state index contributed by atoms with van der Waals surface area (Å²) in [5.41, 5.74) is 2.65. The Morgan fingerprint density at radius 1 is 1.11 bits per heavy atom. The van der Waals surface area contributed by atoms with E-state index in [2.05, 4.69) is 10.4 Å². The van der Waals surface area contributed by atoms with Crippen LogP contribution < -0.4 is 10.1 Å². The lowest BCUT2D eigenvalue weighted by Gasteiger charge is -2.08. The average Bonchev–Trinajstić information content (AvgIpc) is 3.10. The maximum atomic E-state index is 12.9. The topological polar surface area (TPSA) is 56.2 Å². The summed E-state index contributed by atoms with van der Waals surface area (Å²) < 4.78 is 20.4. The molecule has 0 radical (unpaired) electrons. The largest absolute Gasteiger partial charge is 0.489 e. The van der Waals surface area contributed by atoms with Gasteiger partial charge in [-0.15, -0.1) is 0 Å². The molecule has 0 aliphatic rings. The first kappa shape index (κ1) is 18.6. The predicted molar refractivity (Wildman–Crippen MR) is 101 cm³/mol. The Morgan fingerprint density at radius 2 is 1.85 bits per heavy atom. The summed E-state index contributed by atoms with van der Waals surface area (Å²) in [5, 5.41) is 7.13. The van der Waals surface area contributed by atoms with E-state index in [1.165, 1.54) is 12.1 Å². The van der Waals surface area contributed by atoms with Gasteiger partial charge in [0, 0.05) is 30.5 Å². The molecule has 5 nitrogen and oxygen atoms in total. The number of amides is 1. The van der Waals surface area contributed by atoms with Crippen LogP contribution in [0.5, 0.6) is 5.75 Å². The Labute approximate surface area is 157 Å². The Kier molecular flexibility index (Phi) is 6.20. The smallest absolute Gasteiger partial charge is 0.251 e. The highest BCUT2D eigenvalue weighted by molar-refractivity contribution is 5.94. The zero-order valence-corrected chi connectivity index (χ0v) is 15.2. The monoisotopic (exact) mass is 367 g/mol. The first-order chi connectivity index (χ1) is 13.1. The minimum atomic E-state index is -0.294. The molecule has 0 aliphatic carbocycles. The summed E-state index contributed by atoms with van der Waals surface area (Å²) in [4.78, 5) is 12.2. The van der Waals surface area contributed by atoms with Gasteiger partial charge in [-0.1, -0.05) is 12.1 Å². The van der Waals surface area contributed by atoms with Crippen molar-refractivity contribution >= 4 is 5.91 Å². The molecule has 1 heterocycles.